The van der Waals surface area contributed by atoms with Crippen molar-refractivity contribution in [1.29, 1.82) is 0 Å². The first-order chi connectivity index (χ1) is 13.3. The standard InChI is InChI=1S/C18H19F3N4O2S/c1-3-28-8-7-27-16(26)14-11(2)24-17-22-10-23-25(17)15(14)12-5-4-6-13(9-12)18(19,20)21/h4-6,9-10,15H,3,7-8H2,1-2H3,(H,22,23,24)/t15-/m0/s1. The number of esters is 1. The summed E-state index contributed by atoms with van der Waals surface area (Å²) >= 11 is 1.63. The molecule has 1 aliphatic heterocycles. The highest BCUT2D eigenvalue weighted by atomic mass is 32.2. The van der Waals surface area contributed by atoms with Crippen molar-refractivity contribution in [2.45, 2.75) is 26.1 Å². The maximum absolute atomic E-state index is 13.2. The summed E-state index contributed by atoms with van der Waals surface area (Å²) in [6, 6.07) is 3.99. The zero-order valence-corrected chi connectivity index (χ0v) is 16.1. The second-order valence-corrected chi connectivity index (χ2v) is 7.44. The number of fused-ring (bicyclic) bond motifs is 1. The SMILES string of the molecule is CCSCCOC(=O)C1=C(C)Nc2ncnn2[C@H]1c1cccc(C(F)(F)F)c1. The lowest BCUT2D eigenvalue weighted by atomic mass is 9.94. The molecule has 0 spiro atoms. The first kappa shape index (κ1) is 20.2. The van der Waals surface area contributed by atoms with Crippen molar-refractivity contribution in [2.75, 3.05) is 23.4 Å². The number of carbonyl (C=O) groups excluding carboxylic acids is 1. The largest absolute Gasteiger partial charge is 0.461 e. The molecule has 1 N–H and O–H groups in total. The highest BCUT2D eigenvalue weighted by Gasteiger charge is 2.36. The molecule has 150 valence electrons. The molecule has 1 atom stereocenters. The summed E-state index contributed by atoms with van der Waals surface area (Å²) in [6.07, 6.45) is -3.21. The van der Waals surface area contributed by atoms with E-state index in [4.69, 9.17) is 4.74 Å². The van der Waals surface area contributed by atoms with Crippen LogP contribution in [0.4, 0.5) is 19.1 Å². The van der Waals surface area contributed by atoms with Crippen LogP contribution in [0.15, 0.2) is 41.9 Å². The van der Waals surface area contributed by atoms with Crippen LogP contribution in [-0.2, 0) is 15.7 Å². The molecule has 10 heteroatoms. The van der Waals surface area contributed by atoms with Crippen LogP contribution in [0.1, 0.15) is 31.0 Å². The zero-order valence-electron chi connectivity index (χ0n) is 15.3. The molecule has 0 saturated carbocycles. The van der Waals surface area contributed by atoms with Crippen LogP contribution in [0.3, 0.4) is 0 Å². The van der Waals surface area contributed by atoms with Crippen LogP contribution >= 0.6 is 11.8 Å². The third kappa shape index (κ3) is 4.16. The van der Waals surface area contributed by atoms with E-state index in [9.17, 15) is 18.0 Å². The van der Waals surface area contributed by atoms with Gasteiger partial charge in [0, 0.05) is 11.4 Å². The summed E-state index contributed by atoms with van der Waals surface area (Å²) in [5.74, 6) is 1.30. The van der Waals surface area contributed by atoms with Gasteiger partial charge in [0.15, 0.2) is 0 Å². The first-order valence-electron chi connectivity index (χ1n) is 8.62. The molecule has 2 aromatic rings. The van der Waals surface area contributed by atoms with Gasteiger partial charge >= 0.3 is 12.1 Å². The summed E-state index contributed by atoms with van der Waals surface area (Å²) in [5.41, 5.74) is 0.155. The minimum Gasteiger partial charge on any atom is -0.461 e. The number of allylic oxidation sites excluding steroid dienone is 1. The maximum atomic E-state index is 13.2. The summed E-state index contributed by atoms with van der Waals surface area (Å²) < 4.78 is 46.3. The third-order valence-electron chi connectivity index (χ3n) is 4.21. The van der Waals surface area contributed by atoms with E-state index < -0.39 is 23.8 Å². The normalized spacial score (nSPS) is 16.5. The van der Waals surface area contributed by atoms with E-state index in [1.165, 1.54) is 23.1 Å². The number of thioether (sulfide) groups is 1. The number of halogens is 3. The second-order valence-electron chi connectivity index (χ2n) is 6.05. The van der Waals surface area contributed by atoms with E-state index in [-0.39, 0.29) is 17.7 Å². The molecule has 0 radical (unpaired) electrons. The summed E-state index contributed by atoms with van der Waals surface area (Å²) in [5, 5.41) is 7.06. The molecular formula is C18H19F3N4O2S. The van der Waals surface area contributed by atoms with E-state index >= 15 is 0 Å². The third-order valence-corrected chi connectivity index (χ3v) is 5.07. The number of ether oxygens (including phenoxy) is 1. The van der Waals surface area contributed by atoms with Gasteiger partial charge in [0.2, 0.25) is 5.95 Å². The topological polar surface area (TPSA) is 69.0 Å². The molecule has 1 aromatic carbocycles. The van der Waals surface area contributed by atoms with Gasteiger partial charge in [-0.25, -0.2) is 9.48 Å². The highest BCUT2D eigenvalue weighted by Crippen LogP contribution is 2.37. The Bertz CT molecular complexity index is 895. The lowest BCUT2D eigenvalue weighted by Crippen LogP contribution is -2.30. The Labute approximate surface area is 164 Å². The van der Waals surface area contributed by atoms with Gasteiger partial charge in [-0.1, -0.05) is 19.1 Å². The van der Waals surface area contributed by atoms with Gasteiger partial charge in [0.25, 0.3) is 0 Å². The van der Waals surface area contributed by atoms with Gasteiger partial charge in [-0.3, -0.25) is 0 Å². The minimum absolute atomic E-state index is 0.207. The van der Waals surface area contributed by atoms with E-state index in [2.05, 4.69) is 15.4 Å². The van der Waals surface area contributed by atoms with Crippen LogP contribution in [0.2, 0.25) is 0 Å². The Morgan fingerprint density at radius 2 is 2.18 bits per heavy atom. The number of hydrogen-bond donors (Lipinski definition) is 1. The number of benzene rings is 1. The quantitative estimate of drug-likeness (QED) is 0.574. The average Bonchev–Trinajstić information content (AvgIpc) is 3.11. The number of rotatable bonds is 6. The molecule has 1 aliphatic rings. The van der Waals surface area contributed by atoms with Crippen molar-refractivity contribution in [3.63, 3.8) is 0 Å². The molecule has 0 bridgehead atoms. The van der Waals surface area contributed by atoms with Crippen LogP contribution in [0.25, 0.3) is 0 Å². The monoisotopic (exact) mass is 412 g/mol. The summed E-state index contributed by atoms with van der Waals surface area (Å²) in [7, 11) is 0. The predicted molar refractivity (Wildman–Crippen MR) is 99.9 cm³/mol. The Morgan fingerprint density at radius 3 is 2.89 bits per heavy atom. The van der Waals surface area contributed by atoms with Crippen molar-refractivity contribution in [2.24, 2.45) is 0 Å². The minimum atomic E-state index is -4.50. The second kappa shape index (κ2) is 8.26. The van der Waals surface area contributed by atoms with Gasteiger partial charge < -0.3 is 10.1 Å². The molecule has 28 heavy (non-hydrogen) atoms. The lowest BCUT2D eigenvalue weighted by molar-refractivity contribution is -0.139. The molecule has 3 rings (SSSR count). The van der Waals surface area contributed by atoms with Crippen LogP contribution in [0, 0.1) is 0 Å². The molecular weight excluding hydrogens is 393 g/mol. The Morgan fingerprint density at radius 1 is 1.39 bits per heavy atom. The number of nitrogens with zero attached hydrogens (tertiary/aromatic N) is 3. The Balaban J connectivity index is 1.99. The fraction of sp³-hybridized carbons (Fsp3) is 0.389. The Hall–Kier alpha value is -2.49. The van der Waals surface area contributed by atoms with E-state index in [0.717, 1.165) is 17.9 Å². The van der Waals surface area contributed by atoms with Crippen LogP contribution in [0.5, 0.6) is 0 Å². The predicted octanol–water partition coefficient (Wildman–Crippen LogP) is 3.88. The van der Waals surface area contributed by atoms with Crippen molar-refractivity contribution in [3.8, 4) is 0 Å². The van der Waals surface area contributed by atoms with E-state index in [1.54, 1.807) is 18.7 Å². The maximum Gasteiger partial charge on any atom is 0.416 e. The molecule has 0 fully saturated rings. The molecule has 0 aliphatic carbocycles. The molecule has 1 aromatic heterocycles. The molecule has 6 nitrogen and oxygen atoms in total. The number of hydrogen-bond acceptors (Lipinski definition) is 6. The number of alkyl halides is 3. The smallest absolute Gasteiger partial charge is 0.416 e. The lowest BCUT2D eigenvalue weighted by Gasteiger charge is -2.28. The Kier molecular flexibility index (Phi) is 5.97. The summed E-state index contributed by atoms with van der Waals surface area (Å²) in [6.45, 7) is 3.88. The van der Waals surface area contributed by atoms with Crippen molar-refractivity contribution in [1.82, 2.24) is 14.8 Å². The van der Waals surface area contributed by atoms with Crippen molar-refractivity contribution >= 4 is 23.7 Å². The van der Waals surface area contributed by atoms with Gasteiger partial charge in [-0.05, 0) is 30.4 Å². The number of aromatic nitrogens is 3. The molecule has 2 heterocycles. The van der Waals surface area contributed by atoms with Gasteiger partial charge in [-0.15, -0.1) is 0 Å². The first-order valence-corrected chi connectivity index (χ1v) is 9.77. The number of anilines is 1. The van der Waals surface area contributed by atoms with Crippen LogP contribution < -0.4 is 5.32 Å². The van der Waals surface area contributed by atoms with E-state index in [1.807, 2.05) is 6.92 Å². The molecule has 0 amide bonds. The number of nitrogens with one attached hydrogen (secondary N) is 1. The fourth-order valence-corrected chi connectivity index (χ4v) is 3.45. The summed E-state index contributed by atoms with van der Waals surface area (Å²) in [4.78, 5) is 16.8. The fourth-order valence-electron chi connectivity index (χ4n) is 2.96. The highest BCUT2D eigenvalue weighted by molar-refractivity contribution is 7.99. The van der Waals surface area contributed by atoms with Crippen molar-refractivity contribution in [3.05, 3.63) is 53.0 Å². The van der Waals surface area contributed by atoms with Gasteiger partial charge in [0.05, 0.1) is 11.1 Å². The van der Waals surface area contributed by atoms with Crippen molar-refractivity contribution < 1.29 is 22.7 Å². The van der Waals surface area contributed by atoms with Gasteiger partial charge in [-0.2, -0.15) is 35.0 Å². The zero-order chi connectivity index (χ0) is 20.3. The number of carbonyl (C=O) groups is 1. The van der Waals surface area contributed by atoms with Crippen LogP contribution in [-0.4, -0.2) is 38.8 Å². The molecule has 0 saturated heterocycles. The van der Waals surface area contributed by atoms with Gasteiger partial charge in [0.1, 0.15) is 19.0 Å². The average molecular weight is 412 g/mol. The van der Waals surface area contributed by atoms with E-state index in [0.29, 0.717) is 17.4 Å². The molecule has 0 unspecified atom stereocenters.